The summed E-state index contributed by atoms with van der Waals surface area (Å²) in [6, 6.07) is -1.04. The average molecular weight is 285 g/mol. The largest absolute Gasteiger partial charge is 0.480 e. The Kier molecular flexibility index (Phi) is 5.44. The molecule has 1 aromatic rings. The predicted molar refractivity (Wildman–Crippen MR) is 72.8 cm³/mol. The number of carboxylic acid groups (broad SMARTS) is 1. The van der Waals surface area contributed by atoms with Gasteiger partial charge in [0.05, 0.1) is 18.2 Å². The lowest BCUT2D eigenvalue weighted by molar-refractivity contribution is -0.143. The van der Waals surface area contributed by atoms with Gasteiger partial charge in [0.1, 0.15) is 11.0 Å². The minimum Gasteiger partial charge on any atom is -0.480 e. The summed E-state index contributed by atoms with van der Waals surface area (Å²) >= 11 is 1.40. The number of nitrogens with one attached hydrogen (secondary N) is 1. The Hall–Kier alpha value is -1.47. The van der Waals surface area contributed by atoms with Crippen molar-refractivity contribution in [2.75, 3.05) is 0 Å². The lowest BCUT2D eigenvalue weighted by Gasteiger charge is -2.17. The molecular formula is C12H19N3O3S. The van der Waals surface area contributed by atoms with E-state index in [9.17, 15) is 9.59 Å². The maximum absolute atomic E-state index is 11.8. The molecule has 0 spiro atoms. The fourth-order valence-corrected chi connectivity index (χ4v) is 2.29. The molecule has 0 saturated heterocycles. The molecule has 0 aliphatic heterocycles. The van der Waals surface area contributed by atoms with Crippen molar-refractivity contribution in [1.29, 1.82) is 0 Å². The molecule has 1 rings (SSSR count). The lowest BCUT2D eigenvalue weighted by atomic mass is 10.0. The van der Waals surface area contributed by atoms with Crippen LogP contribution in [-0.2, 0) is 16.0 Å². The van der Waals surface area contributed by atoms with Gasteiger partial charge in [0.15, 0.2) is 0 Å². The number of amides is 1. The third-order valence-electron chi connectivity index (χ3n) is 2.55. The van der Waals surface area contributed by atoms with Crippen molar-refractivity contribution in [2.24, 2.45) is 11.7 Å². The summed E-state index contributed by atoms with van der Waals surface area (Å²) in [5.74, 6) is -1.54. The molecular weight excluding hydrogens is 266 g/mol. The van der Waals surface area contributed by atoms with E-state index in [2.05, 4.69) is 10.3 Å². The van der Waals surface area contributed by atoms with Crippen LogP contribution in [0.5, 0.6) is 0 Å². The van der Waals surface area contributed by atoms with Crippen LogP contribution in [0, 0.1) is 5.92 Å². The summed E-state index contributed by atoms with van der Waals surface area (Å²) in [5.41, 5.74) is 6.30. The molecule has 106 valence electrons. The predicted octanol–water partition coefficient (Wildman–Crippen LogP) is 0.931. The number of hydrogen-bond acceptors (Lipinski definition) is 5. The first-order valence-corrected chi connectivity index (χ1v) is 6.91. The van der Waals surface area contributed by atoms with E-state index in [-0.39, 0.29) is 24.3 Å². The van der Waals surface area contributed by atoms with Gasteiger partial charge < -0.3 is 16.2 Å². The maximum Gasteiger partial charge on any atom is 0.326 e. The molecule has 1 amide bonds. The van der Waals surface area contributed by atoms with Crippen molar-refractivity contribution in [3.63, 3.8) is 0 Å². The highest BCUT2D eigenvalue weighted by molar-refractivity contribution is 7.09. The van der Waals surface area contributed by atoms with Crippen LogP contribution in [0.3, 0.4) is 0 Å². The molecule has 1 heterocycles. The SMILES string of the molecule is CC(N)c1nc(CC(=O)NC(C(=O)O)C(C)C)cs1. The van der Waals surface area contributed by atoms with Crippen molar-refractivity contribution in [2.45, 2.75) is 39.3 Å². The number of aromatic nitrogens is 1. The average Bonchev–Trinajstić information content (AvgIpc) is 2.73. The van der Waals surface area contributed by atoms with E-state index in [1.165, 1.54) is 11.3 Å². The maximum atomic E-state index is 11.8. The first-order chi connectivity index (χ1) is 8.81. The standard InChI is InChI=1S/C12H19N3O3S/c1-6(2)10(12(17)18)15-9(16)4-8-5-19-11(14-8)7(3)13/h5-7,10H,4,13H2,1-3H3,(H,15,16)(H,17,18). The highest BCUT2D eigenvalue weighted by Crippen LogP contribution is 2.16. The Bertz CT molecular complexity index is 457. The van der Waals surface area contributed by atoms with Crippen molar-refractivity contribution in [3.8, 4) is 0 Å². The van der Waals surface area contributed by atoms with Crippen LogP contribution in [0.1, 0.15) is 37.5 Å². The fraction of sp³-hybridized carbons (Fsp3) is 0.583. The number of carbonyl (C=O) groups is 2. The number of carbonyl (C=O) groups excluding carboxylic acids is 1. The molecule has 0 aliphatic carbocycles. The zero-order chi connectivity index (χ0) is 14.6. The summed E-state index contributed by atoms with van der Waals surface area (Å²) in [7, 11) is 0. The van der Waals surface area contributed by atoms with E-state index in [1.807, 2.05) is 6.92 Å². The number of carboxylic acids is 1. The highest BCUT2D eigenvalue weighted by Gasteiger charge is 2.23. The molecule has 0 radical (unpaired) electrons. The Morgan fingerprint density at radius 2 is 2.11 bits per heavy atom. The number of hydrogen-bond donors (Lipinski definition) is 3. The zero-order valence-electron chi connectivity index (χ0n) is 11.2. The highest BCUT2D eigenvalue weighted by atomic mass is 32.1. The van der Waals surface area contributed by atoms with Crippen molar-refractivity contribution in [1.82, 2.24) is 10.3 Å². The first-order valence-electron chi connectivity index (χ1n) is 6.03. The van der Waals surface area contributed by atoms with E-state index < -0.39 is 12.0 Å². The molecule has 2 unspecified atom stereocenters. The van der Waals surface area contributed by atoms with Gasteiger partial charge in [-0.2, -0.15) is 0 Å². The van der Waals surface area contributed by atoms with Crippen molar-refractivity contribution in [3.05, 3.63) is 16.1 Å². The third kappa shape index (κ3) is 4.60. The molecule has 1 aromatic heterocycles. The quantitative estimate of drug-likeness (QED) is 0.721. The number of nitrogens with zero attached hydrogens (tertiary/aromatic N) is 1. The molecule has 0 bridgehead atoms. The van der Waals surface area contributed by atoms with E-state index in [4.69, 9.17) is 10.8 Å². The van der Waals surface area contributed by atoms with Crippen molar-refractivity contribution < 1.29 is 14.7 Å². The van der Waals surface area contributed by atoms with Gasteiger partial charge in [-0.3, -0.25) is 4.79 Å². The van der Waals surface area contributed by atoms with Gasteiger partial charge in [-0.15, -0.1) is 11.3 Å². The number of aliphatic carboxylic acids is 1. The monoisotopic (exact) mass is 285 g/mol. The van der Waals surface area contributed by atoms with E-state index in [1.54, 1.807) is 19.2 Å². The van der Waals surface area contributed by atoms with Gasteiger partial charge in [0.2, 0.25) is 5.91 Å². The topological polar surface area (TPSA) is 105 Å². The van der Waals surface area contributed by atoms with Crippen LogP contribution < -0.4 is 11.1 Å². The van der Waals surface area contributed by atoms with Gasteiger partial charge >= 0.3 is 5.97 Å². The Balaban J connectivity index is 2.61. The fourth-order valence-electron chi connectivity index (χ4n) is 1.52. The van der Waals surface area contributed by atoms with Crippen LogP contribution in [0.25, 0.3) is 0 Å². The van der Waals surface area contributed by atoms with Gasteiger partial charge in [-0.25, -0.2) is 9.78 Å². The van der Waals surface area contributed by atoms with Gasteiger partial charge in [-0.1, -0.05) is 13.8 Å². The van der Waals surface area contributed by atoms with E-state index >= 15 is 0 Å². The van der Waals surface area contributed by atoms with Gasteiger partial charge in [0, 0.05) is 5.38 Å². The Morgan fingerprint density at radius 3 is 2.53 bits per heavy atom. The van der Waals surface area contributed by atoms with Crippen LogP contribution in [0.15, 0.2) is 5.38 Å². The summed E-state index contributed by atoms with van der Waals surface area (Å²) in [6.45, 7) is 5.31. The number of rotatable bonds is 6. The second-order valence-electron chi connectivity index (χ2n) is 4.77. The second-order valence-corrected chi connectivity index (χ2v) is 5.66. The van der Waals surface area contributed by atoms with Crippen LogP contribution >= 0.6 is 11.3 Å². The van der Waals surface area contributed by atoms with Gasteiger partial charge in [-0.05, 0) is 12.8 Å². The van der Waals surface area contributed by atoms with E-state index in [0.717, 1.165) is 5.01 Å². The normalized spacial score (nSPS) is 14.2. The minimum absolute atomic E-state index is 0.0692. The molecule has 2 atom stereocenters. The van der Waals surface area contributed by atoms with Crippen molar-refractivity contribution >= 4 is 23.2 Å². The molecule has 0 saturated carbocycles. The van der Waals surface area contributed by atoms with Crippen LogP contribution in [-0.4, -0.2) is 28.0 Å². The molecule has 7 heteroatoms. The Morgan fingerprint density at radius 1 is 1.47 bits per heavy atom. The number of nitrogens with two attached hydrogens (primary N) is 1. The minimum atomic E-state index is -1.03. The molecule has 0 aromatic carbocycles. The van der Waals surface area contributed by atoms with Crippen LogP contribution in [0.4, 0.5) is 0 Å². The molecule has 0 aliphatic rings. The first kappa shape index (κ1) is 15.6. The molecule has 6 nitrogen and oxygen atoms in total. The van der Waals surface area contributed by atoms with Gasteiger partial charge in [0.25, 0.3) is 0 Å². The Labute approximate surface area is 116 Å². The lowest BCUT2D eigenvalue weighted by Crippen LogP contribution is -2.44. The summed E-state index contributed by atoms with van der Waals surface area (Å²) < 4.78 is 0. The molecule has 0 fully saturated rings. The third-order valence-corrected chi connectivity index (χ3v) is 3.64. The summed E-state index contributed by atoms with van der Waals surface area (Å²) in [6.07, 6.45) is 0.0692. The smallest absolute Gasteiger partial charge is 0.326 e. The summed E-state index contributed by atoms with van der Waals surface area (Å²) in [5, 5.41) is 14.0. The molecule has 19 heavy (non-hydrogen) atoms. The van der Waals surface area contributed by atoms with Crippen LogP contribution in [0.2, 0.25) is 0 Å². The molecule has 4 N–H and O–H groups in total. The zero-order valence-corrected chi connectivity index (χ0v) is 12.0. The second kappa shape index (κ2) is 6.63. The van der Waals surface area contributed by atoms with E-state index in [0.29, 0.717) is 5.69 Å². The number of thiazole rings is 1. The summed E-state index contributed by atoms with van der Waals surface area (Å²) in [4.78, 5) is 27.0.